The standard InChI is InChI=1S/C12H13N5O/c1-3-10-4-6-11(7-5-10)8-17-15-12(14-16-17)13-9(2)18/h3-7H,1,8H2,2H3,(H,13,15,18). The summed E-state index contributed by atoms with van der Waals surface area (Å²) in [5.41, 5.74) is 2.11. The predicted molar refractivity (Wildman–Crippen MR) is 67.8 cm³/mol. The van der Waals surface area contributed by atoms with Crippen LogP contribution < -0.4 is 5.32 Å². The Morgan fingerprint density at radius 3 is 2.78 bits per heavy atom. The van der Waals surface area contributed by atoms with E-state index in [4.69, 9.17) is 0 Å². The lowest BCUT2D eigenvalue weighted by molar-refractivity contribution is -0.114. The normalized spacial score (nSPS) is 10.1. The van der Waals surface area contributed by atoms with E-state index in [1.54, 1.807) is 6.08 Å². The van der Waals surface area contributed by atoms with Gasteiger partial charge in [0.25, 0.3) is 5.95 Å². The third-order valence-corrected chi connectivity index (χ3v) is 2.28. The minimum absolute atomic E-state index is 0.213. The van der Waals surface area contributed by atoms with Crippen molar-refractivity contribution >= 4 is 17.9 Å². The van der Waals surface area contributed by atoms with Crippen LogP contribution in [0.3, 0.4) is 0 Å². The van der Waals surface area contributed by atoms with Gasteiger partial charge in [0.1, 0.15) is 0 Å². The van der Waals surface area contributed by atoms with Gasteiger partial charge in [-0.05, 0) is 16.3 Å². The molecule has 1 amide bonds. The van der Waals surface area contributed by atoms with Crippen molar-refractivity contribution in [2.24, 2.45) is 0 Å². The molecule has 1 aromatic heterocycles. The number of carbonyl (C=O) groups excluding carboxylic acids is 1. The molecule has 0 radical (unpaired) electrons. The van der Waals surface area contributed by atoms with E-state index in [0.717, 1.165) is 11.1 Å². The molecule has 0 atom stereocenters. The molecule has 0 bridgehead atoms. The summed E-state index contributed by atoms with van der Waals surface area (Å²) in [5, 5.41) is 14.1. The second kappa shape index (κ2) is 5.22. The fraction of sp³-hybridized carbons (Fsp3) is 0.167. The Labute approximate surface area is 104 Å². The third kappa shape index (κ3) is 3.00. The van der Waals surface area contributed by atoms with Crippen molar-refractivity contribution < 1.29 is 4.79 Å². The number of tetrazole rings is 1. The molecule has 1 N–H and O–H groups in total. The summed E-state index contributed by atoms with van der Waals surface area (Å²) < 4.78 is 0. The molecule has 0 fully saturated rings. The van der Waals surface area contributed by atoms with Crippen LogP contribution in [0.15, 0.2) is 30.8 Å². The number of hydrogen-bond donors (Lipinski definition) is 1. The van der Waals surface area contributed by atoms with E-state index in [1.165, 1.54) is 11.7 Å². The van der Waals surface area contributed by atoms with E-state index in [1.807, 2.05) is 24.3 Å². The fourth-order valence-corrected chi connectivity index (χ4v) is 1.44. The van der Waals surface area contributed by atoms with Gasteiger partial charge in [-0.15, -0.1) is 5.10 Å². The van der Waals surface area contributed by atoms with Gasteiger partial charge < -0.3 is 0 Å². The summed E-state index contributed by atoms with van der Waals surface area (Å²) in [6.45, 7) is 5.60. The van der Waals surface area contributed by atoms with Crippen LogP contribution in [0, 0.1) is 0 Å². The van der Waals surface area contributed by atoms with Crippen LogP contribution in [-0.4, -0.2) is 26.1 Å². The van der Waals surface area contributed by atoms with Crippen molar-refractivity contribution in [2.45, 2.75) is 13.5 Å². The summed E-state index contributed by atoms with van der Waals surface area (Å²) in [7, 11) is 0. The quantitative estimate of drug-likeness (QED) is 0.879. The Bertz CT molecular complexity index is 558. The van der Waals surface area contributed by atoms with Gasteiger partial charge in [0.2, 0.25) is 5.91 Å². The fourth-order valence-electron chi connectivity index (χ4n) is 1.44. The molecule has 0 aliphatic heterocycles. The van der Waals surface area contributed by atoms with Crippen LogP contribution in [0.25, 0.3) is 6.08 Å². The summed E-state index contributed by atoms with van der Waals surface area (Å²) in [6, 6.07) is 7.87. The number of anilines is 1. The van der Waals surface area contributed by atoms with Gasteiger partial charge in [-0.25, -0.2) is 0 Å². The summed E-state index contributed by atoms with van der Waals surface area (Å²) in [5.74, 6) is -0.00454. The first kappa shape index (κ1) is 12.0. The van der Waals surface area contributed by atoms with Crippen molar-refractivity contribution in [3.05, 3.63) is 42.0 Å². The van der Waals surface area contributed by atoms with E-state index in [-0.39, 0.29) is 11.9 Å². The SMILES string of the molecule is C=Cc1ccc(Cn2nnc(NC(C)=O)n2)cc1. The summed E-state index contributed by atoms with van der Waals surface area (Å²) in [4.78, 5) is 12.2. The topological polar surface area (TPSA) is 72.7 Å². The zero-order chi connectivity index (χ0) is 13.0. The minimum atomic E-state index is -0.218. The maximum Gasteiger partial charge on any atom is 0.270 e. The average molecular weight is 243 g/mol. The second-order valence-electron chi connectivity index (χ2n) is 3.77. The molecule has 1 heterocycles. The predicted octanol–water partition coefficient (Wildman–Crippen LogP) is 1.32. The van der Waals surface area contributed by atoms with E-state index in [9.17, 15) is 4.79 Å². The zero-order valence-corrected chi connectivity index (χ0v) is 10.00. The van der Waals surface area contributed by atoms with E-state index in [2.05, 4.69) is 27.3 Å². The highest BCUT2D eigenvalue weighted by Gasteiger charge is 2.04. The number of aromatic nitrogens is 4. The highest BCUT2D eigenvalue weighted by Crippen LogP contribution is 2.06. The van der Waals surface area contributed by atoms with Gasteiger partial charge in [0.05, 0.1) is 6.54 Å². The van der Waals surface area contributed by atoms with Crippen molar-refractivity contribution in [1.29, 1.82) is 0 Å². The lowest BCUT2D eigenvalue weighted by Gasteiger charge is -2.00. The molecule has 2 rings (SSSR count). The molecule has 6 heteroatoms. The van der Waals surface area contributed by atoms with Crippen LogP contribution in [0.5, 0.6) is 0 Å². The van der Waals surface area contributed by atoms with Crippen molar-refractivity contribution in [2.75, 3.05) is 5.32 Å². The van der Waals surface area contributed by atoms with Gasteiger partial charge in [0, 0.05) is 6.92 Å². The molecular formula is C12H13N5O. The molecule has 1 aromatic carbocycles. The molecule has 18 heavy (non-hydrogen) atoms. The number of nitrogens with zero attached hydrogens (tertiary/aromatic N) is 4. The van der Waals surface area contributed by atoms with Gasteiger partial charge in [-0.2, -0.15) is 4.80 Å². The number of nitrogens with one attached hydrogen (secondary N) is 1. The molecule has 0 saturated carbocycles. The molecule has 0 saturated heterocycles. The van der Waals surface area contributed by atoms with Gasteiger partial charge >= 0.3 is 0 Å². The molecule has 0 aliphatic rings. The molecule has 0 aliphatic carbocycles. The molecule has 2 aromatic rings. The smallest absolute Gasteiger partial charge is 0.270 e. The highest BCUT2D eigenvalue weighted by atomic mass is 16.1. The number of hydrogen-bond acceptors (Lipinski definition) is 4. The van der Waals surface area contributed by atoms with Crippen LogP contribution in [0.4, 0.5) is 5.95 Å². The van der Waals surface area contributed by atoms with Crippen molar-refractivity contribution in [1.82, 2.24) is 20.2 Å². The number of benzene rings is 1. The maximum atomic E-state index is 10.8. The van der Waals surface area contributed by atoms with Crippen LogP contribution in [0.2, 0.25) is 0 Å². The molecule has 92 valence electrons. The van der Waals surface area contributed by atoms with Gasteiger partial charge in [-0.1, -0.05) is 42.0 Å². The molecule has 0 unspecified atom stereocenters. The second-order valence-corrected chi connectivity index (χ2v) is 3.77. The Kier molecular flexibility index (Phi) is 3.47. The summed E-state index contributed by atoms with van der Waals surface area (Å²) >= 11 is 0. The number of amides is 1. The first-order valence-electron chi connectivity index (χ1n) is 5.44. The van der Waals surface area contributed by atoms with E-state index >= 15 is 0 Å². The Hall–Kier alpha value is -2.50. The highest BCUT2D eigenvalue weighted by molar-refractivity contribution is 5.86. The van der Waals surface area contributed by atoms with Crippen molar-refractivity contribution in [3.8, 4) is 0 Å². The molecule has 0 spiro atoms. The first-order chi connectivity index (χ1) is 8.67. The van der Waals surface area contributed by atoms with Crippen LogP contribution in [-0.2, 0) is 11.3 Å². The molecule has 6 nitrogen and oxygen atoms in total. The molecular weight excluding hydrogens is 230 g/mol. The van der Waals surface area contributed by atoms with Gasteiger partial charge in [0.15, 0.2) is 0 Å². The Morgan fingerprint density at radius 2 is 2.17 bits per heavy atom. The van der Waals surface area contributed by atoms with Crippen LogP contribution in [0.1, 0.15) is 18.1 Å². The van der Waals surface area contributed by atoms with E-state index < -0.39 is 0 Å². The zero-order valence-electron chi connectivity index (χ0n) is 10.00. The first-order valence-corrected chi connectivity index (χ1v) is 5.44. The Balaban J connectivity index is 2.06. The average Bonchev–Trinajstić information content (AvgIpc) is 2.76. The lowest BCUT2D eigenvalue weighted by atomic mass is 10.1. The monoisotopic (exact) mass is 243 g/mol. The summed E-state index contributed by atoms with van der Waals surface area (Å²) in [6.07, 6.45) is 1.78. The number of carbonyl (C=O) groups is 1. The van der Waals surface area contributed by atoms with Gasteiger partial charge in [-0.3, -0.25) is 10.1 Å². The third-order valence-electron chi connectivity index (χ3n) is 2.28. The number of rotatable bonds is 4. The van der Waals surface area contributed by atoms with Crippen molar-refractivity contribution in [3.63, 3.8) is 0 Å². The largest absolute Gasteiger partial charge is 0.292 e. The Morgan fingerprint density at radius 1 is 1.44 bits per heavy atom. The van der Waals surface area contributed by atoms with E-state index in [0.29, 0.717) is 6.54 Å². The lowest BCUT2D eigenvalue weighted by Crippen LogP contribution is -2.08. The minimum Gasteiger partial charge on any atom is -0.292 e. The maximum absolute atomic E-state index is 10.8. The van der Waals surface area contributed by atoms with Crippen LogP contribution >= 0.6 is 0 Å².